The third-order valence-electron chi connectivity index (χ3n) is 4.85. The minimum atomic E-state index is -0.741. The van der Waals surface area contributed by atoms with Gasteiger partial charge in [-0.25, -0.2) is 4.39 Å². The quantitative estimate of drug-likeness (QED) is 0.633. The first-order chi connectivity index (χ1) is 13.6. The number of aliphatic hydroxyl groups excluding tert-OH is 1. The van der Waals surface area contributed by atoms with Gasteiger partial charge in [0.25, 0.3) is 5.91 Å². The first-order valence-corrected chi connectivity index (χ1v) is 9.22. The third-order valence-corrected chi connectivity index (χ3v) is 5.11. The molecule has 0 radical (unpaired) electrons. The van der Waals surface area contributed by atoms with Crippen LogP contribution in [0.5, 0.6) is 0 Å². The number of benzene rings is 3. The minimum absolute atomic E-state index is 0.250. The van der Waals surface area contributed by atoms with E-state index in [2.05, 4.69) is 0 Å². The average Bonchev–Trinajstić information content (AvgIpc) is 2.95. The van der Waals surface area contributed by atoms with Gasteiger partial charge in [-0.1, -0.05) is 72.3 Å². The molecule has 1 heterocycles. The van der Waals surface area contributed by atoms with Crippen LogP contribution in [0, 0.1) is 5.82 Å². The Morgan fingerprint density at radius 1 is 0.929 bits per heavy atom. The fourth-order valence-electron chi connectivity index (χ4n) is 3.54. The molecule has 5 heteroatoms. The van der Waals surface area contributed by atoms with Crippen LogP contribution in [0.1, 0.15) is 22.7 Å². The average molecular weight is 394 g/mol. The summed E-state index contributed by atoms with van der Waals surface area (Å²) in [6.07, 6.45) is 0. The topological polar surface area (TPSA) is 40.5 Å². The lowest BCUT2D eigenvalue weighted by atomic mass is 9.93. The Morgan fingerprint density at radius 3 is 2.25 bits per heavy atom. The van der Waals surface area contributed by atoms with E-state index in [0.29, 0.717) is 21.7 Å². The number of amides is 1. The number of nitrogens with zero attached hydrogens (tertiary/aromatic N) is 1. The summed E-state index contributed by atoms with van der Waals surface area (Å²) in [5, 5.41) is 11.2. The van der Waals surface area contributed by atoms with Crippen LogP contribution < -0.4 is 0 Å². The smallest absolute Gasteiger partial charge is 0.290 e. The van der Waals surface area contributed by atoms with E-state index in [1.807, 2.05) is 30.3 Å². The molecule has 3 aromatic carbocycles. The highest BCUT2D eigenvalue weighted by atomic mass is 35.5. The summed E-state index contributed by atoms with van der Waals surface area (Å²) in [4.78, 5) is 14.4. The van der Waals surface area contributed by atoms with Gasteiger partial charge < -0.3 is 10.0 Å². The maximum atomic E-state index is 14.7. The van der Waals surface area contributed by atoms with Crippen LogP contribution in [0.4, 0.5) is 4.39 Å². The van der Waals surface area contributed by atoms with Gasteiger partial charge in [0.15, 0.2) is 5.76 Å². The molecular weight excluding hydrogens is 377 g/mol. The molecule has 0 saturated heterocycles. The summed E-state index contributed by atoms with van der Waals surface area (Å²) in [6.45, 7) is 0.250. The van der Waals surface area contributed by atoms with E-state index in [1.165, 1.54) is 11.0 Å². The second kappa shape index (κ2) is 7.49. The van der Waals surface area contributed by atoms with Gasteiger partial charge in [0, 0.05) is 22.7 Å². The van der Waals surface area contributed by atoms with Crippen LogP contribution in [-0.4, -0.2) is 15.9 Å². The lowest BCUT2D eigenvalue weighted by molar-refractivity contribution is -0.130. The molecule has 0 spiro atoms. The van der Waals surface area contributed by atoms with E-state index in [4.69, 9.17) is 11.6 Å². The first-order valence-electron chi connectivity index (χ1n) is 8.84. The number of aliphatic hydroxyl groups is 1. The molecule has 0 saturated carbocycles. The number of carbonyl (C=O) groups excluding carboxylic acids is 1. The number of carbonyl (C=O) groups is 1. The van der Waals surface area contributed by atoms with Crippen molar-refractivity contribution in [2.24, 2.45) is 0 Å². The van der Waals surface area contributed by atoms with Crippen molar-refractivity contribution < 1.29 is 14.3 Å². The summed E-state index contributed by atoms with van der Waals surface area (Å²) in [6, 6.07) is 21.8. The molecule has 140 valence electrons. The van der Waals surface area contributed by atoms with Crippen LogP contribution in [0.25, 0.3) is 5.57 Å². The molecule has 1 aliphatic rings. The highest BCUT2D eigenvalue weighted by Gasteiger charge is 2.42. The van der Waals surface area contributed by atoms with Gasteiger partial charge >= 0.3 is 0 Å². The molecule has 3 nitrogen and oxygen atoms in total. The maximum Gasteiger partial charge on any atom is 0.290 e. The lowest BCUT2D eigenvalue weighted by Crippen LogP contribution is -2.30. The Labute approximate surface area is 167 Å². The summed E-state index contributed by atoms with van der Waals surface area (Å²) < 4.78 is 14.7. The Balaban J connectivity index is 1.84. The fourth-order valence-corrected chi connectivity index (χ4v) is 3.67. The van der Waals surface area contributed by atoms with Crippen LogP contribution >= 0.6 is 11.6 Å². The first kappa shape index (κ1) is 18.3. The van der Waals surface area contributed by atoms with Gasteiger partial charge in [-0.15, -0.1) is 0 Å². The van der Waals surface area contributed by atoms with Gasteiger partial charge in [0.05, 0.1) is 6.04 Å². The molecule has 0 aromatic heterocycles. The summed E-state index contributed by atoms with van der Waals surface area (Å²) in [5.41, 5.74) is 2.23. The third kappa shape index (κ3) is 3.27. The number of hydrogen-bond acceptors (Lipinski definition) is 2. The SMILES string of the molecule is O=C1C(O)=C(c2ccc(Cl)cc2)C(c2ccccc2F)N1Cc1ccccc1. The maximum absolute atomic E-state index is 14.7. The van der Waals surface area contributed by atoms with Gasteiger partial charge in [-0.3, -0.25) is 4.79 Å². The van der Waals surface area contributed by atoms with Gasteiger partial charge in [0.2, 0.25) is 0 Å². The zero-order valence-electron chi connectivity index (χ0n) is 14.8. The minimum Gasteiger partial charge on any atom is -0.503 e. The van der Waals surface area contributed by atoms with Crippen LogP contribution in [-0.2, 0) is 11.3 Å². The van der Waals surface area contributed by atoms with Crippen LogP contribution in [0.15, 0.2) is 84.6 Å². The standard InChI is InChI=1S/C23H17ClFNO2/c24-17-12-10-16(11-13-17)20-21(18-8-4-5-9-19(18)25)26(23(28)22(20)27)14-15-6-2-1-3-7-15/h1-13,21,27H,14H2. The zero-order valence-corrected chi connectivity index (χ0v) is 15.6. The molecule has 0 bridgehead atoms. The molecule has 3 aromatic rings. The molecular formula is C23H17ClFNO2. The predicted octanol–water partition coefficient (Wildman–Crippen LogP) is 5.53. The molecule has 1 N–H and O–H groups in total. The number of rotatable bonds is 4. The van der Waals surface area contributed by atoms with Crippen molar-refractivity contribution in [2.75, 3.05) is 0 Å². The van der Waals surface area contributed by atoms with Crippen molar-refractivity contribution in [2.45, 2.75) is 12.6 Å². The van der Waals surface area contributed by atoms with Crippen molar-refractivity contribution in [3.63, 3.8) is 0 Å². The molecule has 1 amide bonds. The molecule has 4 rings (SSSR count). The van der Waals surface area contributed by atoms with E-state index in [-0.39, 0.29) is 12.3 Å². The summed E-state index contributed by atoms with van der Waals surface area (Å²) >= 11 is 5.98. The van der Waals surface area contributed by atoms with Crippen LogP contribution in [0.2, 0.25) is 5.02 Å². The molecule has 0 aliphatic carbocycles. The van der Waals surface area contributed by atoms with Gasteiger partial charge in [-0.05, 0) is 29.3 Å². The van der Waals surface area contributed by atoms with Crippen molar-refractivity contribution in [1.29, 1.82) is 0 Å². The second-order valence-corrected chi connectivity index (χ2v) is 7.05. The summed E-state index contributed by atoms with van der Waals surface area (Å²) in [5.74, 6) is -1.33. The fraction of sp³-hybridized carbons (Fsp3) is 0.0870. The Hall–Kier alpha value is -3.11. The van der Waals surface area contributed by atoms with E-state index >= 15 is 0 Å². The Morgan fingerprint density at radius 2 is 1.57 bits per heavy atom. The monoisotopic (exact) mass is 393 g/mol. The summed E-state index contributed by atoms with van der Waals surface area (Å²) in [7, 11) is 0. The van der Waals surface area contributed by atoms with Crippen molar-refractivity contribution in [3.05, 3.63) is 112 Å². The number of hydrogen-bond donors (Lipinski definition) is 1. The largest absolute Gasteiger partial charge is 0.503 e. The lowest BCUT2D eigenvalue weighted by Gasteiger charge is -2.27. The highest BCUT2D eigenvalue weighted by Crippen LogP contribution is 2.44. The normalized spacial score (nSPS) is 16.7. The van der Waals surface area contributed by atoms with Crippen LogP contribution in [0.3, 0.4) is 0 Å². The molecule has 1 unspecified atom stereocenters. The Bertz CT molecular complexity index is 1050. The zero-order chi connectivity index (χ0) is 19.7. The molecule has 1 atom stereocenters. The second-order valence-electron chi connectivity index (χ2n) is 6.61. The van der Waals surface area contributed by atoms with Gasteiger partial charge in [-0.2, -0.15) is 0 Å². The van der Waals surface area contributed by atoms with E-state index in [1.54, 1.807) is 42.5 Å². The van der Waals surface area contributed by atoms with Crippen molar-refractivity contribution >= 4 is 23.1 Å². The molecule has 1 aliphatic heterocycles. The highest BCUT2D eigenvalue weighted by molar-refractivity contribution is 6.30. The van der Waals surface area contributed by atoms with E-state index in [9.17, 15) is 14.3 Å². The predicted molar refractivity (Wildman–Crippen MR) is 107 cm³/mol. The molecule has 28 heavy (non-hydrogen) atoms. The van der Waals surface area contributed by atoms with Crippen molar-refractivity contribution in [3.8, 4) is 0 Å². The number of halogens is 2. The molecule has 0 fully saturated rings. The van der Waals surface area contributed by atoms with Gasteiger partial charge in [0.1, 0.15) is 5.82 Å². The Kier molecular flexibility index (Phi) is 4.88. The van der Waals surface area contributed by atoms with E-state index < -0.39 is 17.8 Å². The van der Waals surface area contributed by atoms with E-state index in [0.717, 1.165) is 5.56 Å². The van der Waals surface area contributed by atoms with Crippen molar-refractivity contribution in [1.82, 2.24) is 4.90 Å².